The molecule has 1 amide bonds. The van der Waals surface area contributed by atoms with E-state index >= 15 is 0 Å². The first kappa shape index (κ1) is 29.1. The first-order valence-corrected chi connectivity index (χ1v) is 13.9. The summed E-state index contributed by atoms with van der Waals surface area (Å²) in [6.07, 6.45) is 2.20. The first-order chi connectivity index (χ1) is 18.2. The Morgan fingerprint density at radius 2 is 1.89 bits per heavy atom. The number of amides is 1. The lowest BCUT2D eigenvalue weighted by atomic mass is 10.0. The van der Waals surface area contributed by atoms with Crippen LogP contribution in [0, 0.1) is 18.3 Å². The van der Waals surface area contributed by atoms with Crippen LogP contribution in [0.5, 0.6) is 17.2 Å². The molecule has 0 fully saturated rings. The number of carbonyl (C=O) groups is 1. The van der Waals surface area contributed by atoms with E-state index < -0.39 is 5.91 Å². The summed E-state index contributed by atoms with van der Waals surface area (Å²) in [5.74, 6) is 1.65. The Morgan fingerprint density at radius 1 is 1.13 bits per heavy atom. The van der Waals surface area contributed by atoms with E-state index in [1.165, 1.54) is 17.4 Å². The molecule has 0 spiro atoms. The van der Waals surface area contributed by atoms with Gasteiger partial charge in [-0.15, -0.1) is 10.2 Å². The number of hydrogen-bond donors (Lipinski definition) is 1. The van der Waals surface area contributed by atoms with Crippen LogP contribution in [-0.4, -0.2) is 35.9 Å². The minimum absolute atomic E-state index is 0.0752. The van der Waals surface area contributed by atoms with Crippen LogP contribution >= 0.6 is 27.3 Å². The average molecular weight is 600 g/mol. The standard InChI is InChI=1S/C28H31BrN4O4S/c1-6-25-32-33-28(38-25)31-27(34)20(16-30)13-19-14-22(29)26(24(15-19)35-7-2)37-11-10-36-23-12-18(5)8-9-21(23)17(3)4/h8-9,12-15,17H,6-7,10-11H2,1-5H3,(H,31,33,34). The number of nitriles is 1. The Morgan fingerprint density at radius 3 is 2.55 bits per heavy atom. The molecule has 38 heavy (non-hydrogen) atoms. The van der Waals surface area contributed by atoms with Crippen molar-refractivity contribution in [2.24, 2.45) is 0 Å². The molecular weight excluding hydrogens is 568 g/mol. The molecule has 0 aliphatic carbocycles. The van der Waals surface area contributed by atoms with E-state index in [1.807, 2.05) is 32.9 Å². The number of ether oxygens (including phenoxy) is 3. The lowest BCUT2D eigenvalue weighted by molar-refractivity contribution is -0.112. The van der Waals surface area contributed by atoms with Crippen LogP contribution in [0.3, 0.4) is 0 Å². The van der Waals surface area contributed by atoms with E-state index in [1.54, 1.807) is 12.1 Å². The Labute approximate surface area is 235 Å². The molecule has 0 unspecified atom stereocenters. The summed E-state index contributed by atoms with van der Waals surface area (Å²) in [6.45, 7) is 11.2. The fourth-order valence-corrected chi connectivity index (χ4v) is 4.79. The molecule has 0 aliphatic heterocycles. The highest BCUT2D eigenvalue weighted by Gasteiger charge is 2.16. The van der Waals surface area contributed by atoms with Crippen LogP contribution in [0.4, 0.5) is 5.13 Å². The number of anilines is 1. The van der Waals surface area contributed by atoms with Gasteiger partial charge in [0.15, 0.2) is 11.5 Å². The largest absolute Gasteiger partial charge is 0.490 e. The van der Waals surface area contributed by atoms with Crippen molar-refractivity contribution >= 4 is 44.4 Å². The van der Waals surface area contributed by atoms with Gasteiger partial charge in [0.05, 0.1) is 11.1 Å². The SMILES string of the molecule is CCOc1cc(C=C(C#N)C(=O)Nc2nnc(CC)s2)cc(Br)c1OCCOc1cc(C)ccc1C(C)C. The Kier molecular flexibility index (Phi) is 10.7. The van der Waals surface area contributed by atoms with Crippen molar-refractivity contribution < 1.29 is 19.0 Å². The maximum absolute atomic E-state index is 12.6. The van der Waals surface area contributed by atoms with E-state index in [0.717, 1.165) is 21.9 Å². The highest BCUT2D eigenvalue weighted by Crippen LogP contribution is 2.38. The zero-order valence-electron chi connectivity index (χ0n) is 22.1. The summed E-state index contributed by atoms with van der Waals surface area (Å²) in [7, 11) is 0. The average Bonchev–Trinajstić information content (AvgIpc) is 3.33. The monoisotopic (exact) mass is 598 g/mol. The number of halogens is 1. The van der Waals surface area contributed by atoms with Gasteiger partial charge in [0.25, 0.3) is 5.91 Å². The van der Waals surface area contributed by atoms with Crippen LogP contribution in [0.15, 0.2) is 40.4 Å². The van der Waals surface area contributed by atoms with Crippen LogP contribution in [0.2, 0.25) is 0 Å². The van der Waals surface area contributed by atoms with Crippen molar-refractivity contribution in [1.82, 2.24) is 10.2 Å². The Hall–Kier alpha value is -3.42. The van der Waals surface area contributed by atoms with Gasteiger partial charge in [-0.05, 0) is 83.1 Å². The summed E-state index contributed by atoms with van der Waals surface area (Å²) in [5.41, 5.74) is 2.81. The van der Waals surface area contributed by atoms with Crippen LogP contribution in [0.1, 0.15) is 55.3 Å². The number of nitrogens with zero attached hydrogens (tertiary/aromatic N) is 3. The molecule has 10 heteroatoms. The molecule has 200 valence electrons. The van der Waals surface area contributed by atoms with Crippen molar-refractivity contribution in [2.75, 3.05) is 25.1 Å². The number of hydrogen-bond acceptors (Lipinski definition) is 8. The summed E-state index contributed by atoms with van der Waals surface area (Å²) < 4.78 is 18.5. The molecule has 0 saturated heterocycles. The molecule has 0 bridgehead atoms. The molecule has 1 N–H and O–H groups in total. The second kappa shape index (κ2) is 13.9. The Balaban J connectivity index is 1.73. The predicted octanol–water partition coefficient (Wildman–Crippen LogP) is 6.70. The van der Waals surface area contributed by atoms with Gasteiger partial charge in [-0.25, -0.2) is 0 Å². The van der Waals surface area contributed by atoms with Crippen LogP contribution < -0.4 is 19.5 Å². The molecule has 0 saturated carbocycles. The zero-order chi connectivity index (χ0) is 27.7. The van der Waals surface area contributed by atoms with E-state index in [-0.39, 0.29) is 5.57 Å². The second-order valence-corrected chi connectivity index (χ2v) is 10.6. The van der Waals surface area contributed by atoms with Crippen molar-refractivity contribution in [1.29, 1.82) is 5.26 Å². The number of carbonyl (C=O) groups excluding carboxylic acids is 1. The van der Waals surface area contributed by atoms with Crippen molar-refractivity contribution in [3.63, 3.8) is 0 Å². The third-order valence-electron chi connectivity index (χ3n) is 5.38. The maximum Gasteiger partial charge on any atom is 0.268 e. The predicted molar refractivity (Wildman–Crippen MR) is 153 cm³/mol. The summed E-state index contributed by atoms with van der Waals surface area (Å²) in [6, 6.07) is 11.7. The van der Waals surface area contributed by atoms with E-state index in [0.29, 0.717) is 58.8 Å². The number of nitrogens with one attached hydrogen (secondary N) is 1. The van der Waals surface area contributed by atoms with Gasteiger partial charge in [-0.3, -0.25) is 10.1 Å². The molecular formula is C28H31BrN4O4S. The highest BCUT2D eigenvalue weighted by atomic mass is 79.9. The lowest BCUT2D eigenvalue weighted by Gasteiger charge is -2.17. The molecule has 3 aromatic rings. The molecule has 2 aromatic carbocycles. The third kappa shape index (κ3) is 7.79. The molecule has 8 nitrogen and oxygen atoms in total. The van der Waals surface area contributed by atoms with Crippen molar-refractivity contribution in [3.05, 3.63) is 62.1 Å². The molecule has 1 heterocycles. The molecule has 3 rings (SSSR count). The summed E-state index contributed by atoms with van der Waals surface area (Å²) in [4.78, 5) is 12.6. The minimum Gasteiger partial charge on any atom is -0.490 e. The fraction of sp³-hybridized carbons (Fsp3) is 0.357. The number of aromatic nitrogens is 2. The van der Waals surface area contributed by atoms with Gasteiger partial charge in [0.2, 0.25) is 5.13 Å². The maximum atomic E-state index is 12.6. The van der Waals surface area contributed by atoms with Crippen molar-refractivity contribution in [3.8, 4) is 23.3 Å². The van der Waals surface area contributed by atoms with Crippen LogP contribution in [0.25, 0.3) is 6.08 Å². The topological polar surface area (TPSA) is 106 Å². The second-order valence-electron chi connectivity index (χ2n) is 8.63. The lowest BCUT2D eigenvalue weighted by Crippen LogP contribution is -2.13. The van der Waals surface area contributed by atoms with E-state index in [9.17, 15) is 10.1 Å². The molecule has 0 radical (unpaired) electrons. The summed E-state index contributed by atoms with van der Waals surface area (Å²) >= 11 is 4.82. The van der Waals surface area contributed by atoms with Gasteiger partial charge in [0.1, 0.15) is 35.6 Å². The van der Waals surface area contributed by atoms with Gasteiger partial charge in [-0.1, -0.05) is 44.2 Å². The minimum atomic E-state index is -0.560. The zero-order valence-corrected chi connectivity index (χ0v) is 24.5. The Bertz CT molecular complexity index is 1350. The summed E-state index contributed by atoms with van der Waals surface area (Å²) in [5, 5.41) is 21.3. The van der Waals surface area contributed by atoms with Crippen LogP contribution in [-0.2, 0) is 11.2 Å². The number of rotatable bonds is 12. The first-order valence-electron chi connectivity index (χ1n) is 12.3. The normalized spacial score (nSPS) is 11.3. The number of aryl methyl sites for hydroxylation is 2. The quantitative estimate of drug-likeness (QED) is 0.140. The van der Waals surface area contributed by atoms with E-state index in [4.69, 9.17) is 14.2 Å². The van der Waals surface area contributed by atoms with Crippen molar-refractivity contribution in [2.45, 2.75) is 47.0 Å². The molecule has 0 aliphatic rings. The smallest absolute Gasteiger partial charge is 0.268 e. The molecule has 0 atom stereocenters. The molecule has 1 aromatic heterocycles. The third-order valence-corrected chi connectivity index (χ3v) is 6.95. The van der Waals surface area contributed by atoms with Gasteiger partial charge in [-0.2, -0.15) is 5.26 Å². The number of benzene rings is 2. The van der Waals surface area contributed by atoms with Gasteiger partial charge in [0, 0.05) is 0 Å². The van der Waals surface area contributed by atoms with E-state index in [2.05, 4.69) is 57.4 Å². The van der Waals surface area contributed by atoms with Gasteiger partial charge < -0.3 is 14.2 Å². The highest BCUT2D eigenvalue weighted by molar-refractivity contribution is 9.10. The fourth-order valence-electron chi connectivity index (χ4n) is 3.54. The van der Waals surface area contributed by atoms with Gasteiger partial charge >= 0.3 is 0 Å².